The zero-order chi connectivity index (χ0) is 9.80. The maximum absolute atomic E-state index is 12.6. The summed E-state index contributed by atoms with van der Waals surface area (Å²) >= 11 is 0. The predicted octanol–water partition coefficient (Wildman–Crippen LogP) is 1.56. The Balaban J connectivity index is 1.71. The fraction of sp³-hybridized carbons (Fsp3) is 0.455. The molecule has 1 aromatic carbocycles. The lowest BCUT2D eigenvalue weighted by molar-refractivity contribution is 0.0689. The summed E-state index contributed by atoms with van der Waals surface area (Å²) in [6.45, 7) is 3.49. The standard InChI is InChI=1S/C11H14FNO/c12-11-3-1-9(2-4-11)7-14-8-10-5-13-6-10/h1-4,10,13H,5-8H2. The Morgan fingerprint density at radius 1 is 1.29 bits per heavy atom. The number of hydrogen-bond donors (Lipinski definition) is 1. The van der Waals surface area contributed by atoms with Crippen LogP contribution < -0.4 is 5.32 Å². The van der Waals surface area contributed by atoms with Gasteiger partial charge in [0, 0.05) is 19.0 Å². The van der Waals surface area contributed by atoms with Crippen molar-refractivity contribution in [2.75, 3.05) is 19.7 Å². The molecule has 14 heavy (non-hydrogen) atoms. The molecule has 0 amide bonds. The fourth-order valence-electron chi connectivity index (χ4n) is 1.39. The molecule has 0 bridgehead atoms. The molecule has 1 aliphatic rings. The van der Waals surface area contributed by atoms with Crippen LogP contribution in [0.1, 0.15) is 5.56 Å². The highest BCUT2D eigenvalue weighted by Crippen LogP contribution is 2.07. The normalized spacial score (nSPS) is 16.6. The van der Waals surface area contributed by atoms with E-state index in [1.54, 1.807) is 12.1 Å². The fourth-order valence-corrected chi connectivity index (χ4v) is 1.39. The number of halogens is 1. The van der Waals surface area contributed by atoms with Gasteiger partial charge in [-0.25, -0.2) is 4.39 Å². The second-order valence-corrected chi connectivity index (χ2v) is 3.67. The van der Waals surface area contributed by atoms with Crippen molar-refractivity contribution < 1.29 is 9.13 Å². The van der Waals surface area contributed by atoms with E-state index >= 15 is 0 Å². The summed E-state index contributed by atoms with van der Waals surface area (Å²) in [5.41, 5.74) is 1.03. The molecule has 1 aromatic rings. The van der Waals surface area contributed by atoms with Gasteiger partial charge < -0.3 is 10.1 Å². The van der Waals surface area contributed by atoms with Crippen molar-refractivity contribution in [2.45, 2.75) is 6.61 Å². The quantitative estimate of drug-likeness (QED) is 0.787. The topological polar surface area (TPSA) is 21.3 Å². The second kappa shape index (κ2) is 4.53. The van der Waals surface area contributed by atoms with E-state index in [4.69, 9.17) is 4.74 Å². The van der Waals surface area contributed by atoms with Crippen LogP contribution in [0.3, 0.4) is 0 Å². The minimum Gasteiger partial charge on any atom is -0.376 e. The monoisotopic (exact) mass is 195 g/mol. The third-order valence-corrected chi connectivity index (χ3v) is 2.40. The van der Waals surface area contributed by atoms with Crippen molar-refractivity contribution >= 4 is 0 Å². The largest absolute Gasteiger partial charge is 0.376 e. The van der Waals surface area contributed by atoms with Gasteiger partial charge in [0.25, 0.3) is 0 Å². The summed E-state index contributed by atoms with van der Waals surface area (Å²) in [6, 6.07) is 6.44. The SMILES string of the molecule is Fc1ccc(COCC2CNC2)cc1. The summed E-state index contributed by atoms with van der Waals surface area (Å²) < 4.78 is 18.1. The third-order valence-electron chi connectivity index (χ3n) is 2.40. The minimum absolute atomic E-state index is 0.197. The molecule has 1 aliphatic heterocycles. The molecule has 0 radical (unpaired) electrons. The van der Waals surface area contributed by atoms with Crippen molar-refractivity contribution in [1.82, 2.24) is 5.32 Å². The first kappa shape index (κ1) is 9.62. The Bertz CT molecular complexity index is 282. The Morgan fingerprint density at radius 2 is 2.00 bits per heavy atom. The lowest BCUT2D eigenvalue weighted by Crippen LogP contribution is -2.44. The van der Waals surface area contributed by atoms with Gasteiger partial charge in [-0.15, -0.1) is 0 Å². The average Bonchev–Trinajstić information content (AvgIpc) is 2.12. The van der Waals surface area contributed by atoms with Crippen LogP contribution in [0.15, 0.2) is 24.3 Å². The van der Waals surface area contributed by atoms with Gasteiger partial charge in [0.15, 0.2) is 0 Å². The van der Waals surface area contributed by atoms with Gasteiger partial charge in [-0.3, -0.25) is 0 Å². The van der Waals surface area contributed by atoms with Crippen LogP contribution in [0.4, 0.5) is 4.39 Å². The summed E-state index contributed by atoms with van der Waals surface area (Å²) in [7, 11) is 0. The molecule has 3 heteroatoms. The lowest BCUT2D eigenvalue weighted by Gasteiger charge is -2.26. The molecule has 1 saturated heterocycles. The molecule has 2 nitrogen and oxygen atoms in total. The maximum Gasteiger partial charge on any atom is 0.123 e. The van der Waals surface area contributed by atoms with Gasteiger partial charge in [0.1, 0.15) is 5.82 Å². The number of rotatable bonds is 4. The van der Waals surface area contributed by atoms with Gasteiger partial charge in [-0.2, -0.15) is 0 Å². The van der Waals surface area contributed by atoms with E-state index < -0.39 is 0 Å². The lowest BCUT2D eigenvalue weighted by atomic mass is 10.1. The Labute approximate surface area is 83.1 Å². The molecule has 0 aliphatic carbocycles. The van der Waals surface area contributed by atoms with E-state index in [9.17, 15) is 4.39 Å². The van der Waals surface area contributed by atoms with Crippen molar-refractivity contribution in [3.8, 4) is 0 Å². The molecule has 0 spiro atoms. The van der Waals surface area contributed by atoms with Crippen LogP contribution in [0.2, 0.25) is 0 Å². The molecule has 1 fully saturated rings. The highest BCUT2D eigenvalue weighted by molar-refractivity contribution is 5.14. The molecular weight excluding hydrogens is 181 g/mol. The van der Waals surface area contributed by atoms with Gasteiger partial charge in [-0.05, 0) is 17.7 Å². The summed E-state index contributed by atoms with van der Waals surface area (Å²) in [5.74, 6) is 0.465. The molecule has 0 aromatic heterocycles. The first-order valence-corrected chi connectivity index (χ1v) is 4.87. The molecule has 1 heterocycles. The van der Waals surface area contributed by atoms with Crippen molar-refractivity contribution in [3.05, 3.63) is 35.6 Å². The van der Waals surface area contributed by atoms with Crippen LogP contribution in [0, 0.1) is 11.7 Å². The van der Waals surface area contributed by atoms with Crippen LogP contribution in [0.5, 0.6) is 0 Å². The molecular formula is C11H14FNO. The van der Waals surface area contributed by atoms with Crippen molar-refractivity contribution in [2.24, 2.45) is 5.92 Å². The van der Waals surface area contributed by atoms with Crippen molar-refractivity contribution in [1.29, 1.82) is 0 Å². The van der Waals surface area contributed by atoms with Crippen LogP contribution in [-0.2, 0) is 11.3 Å². The predicted molar refractivity (Wildman–Crippen MR) is 52.4 cm³/mol. The average molecular weight is 195 g/mol. The van der Waals surface area contributed by atoms with Gasteiger partial charge in [-0.1, -0.05) is 12.1 Å². The number of benzene rings is 1. The highest BCUT2D eigenvalue weighted by atomic mass is 19.1. The zero-order valence-corrected chi connectivity index (χ0v) is 8.00. The Morgan fingerprint density at radius 3 is 2.57 bits per heavy atom. The van der Waals surface area contributed by atoms with E-state index in [0.29, 0.717) is 12.5 Å². The Hall–Kier alpha value is -0.930. The van der Waals surface area contributed by atoms with E-state index in [-0.39, 0.29) is 5.82 Å². The van der Waals surface area contributed by atoms with Crippen molar-refractivity contribution in [3.63, 3.8) is 0 Å². The summed E-state index contributed by atoms with van der Waals surface area (Å²) in [5, 5.41) is 3.19. The van der Waals surface area contributed by atoms with Crippen LogP contribution in [0.25, 0.3) is 0 Å². The minimum atomic E-state index is -0.197. The van der Waals surface area contributed by atoms with E-state index in [0.717, 1.165) is 25.3 Å². The first-order valence-electron chi connectivity index (χ1n) is 4.87. The number of hydrogen-bond acceptors (Lipinski definition) is 2. The van der Waals surface area contributed by atoms with Gasteiger partial charge in [0.05, 0.1) is 13.2 Å². The number of ether oxygens (including phenoxy) is 1. The first-order chi connectivity index (χ1) is 6.84. The van der Waals surface area contributed by atoms with E-state index in [1.807, 2.05) is 0 Å². The smallest absolute Gasteiger partial charge is 0.123 e. The Kier molecular flexibility index (Phi) is 3.11. The molecule has 2 rings (SSSR count). The van der Waals surface area contributed by atoms with Crippen LogP contribution in [-0.4, -0.2) is 19.7 Å². The highest BCUT2D eigenvalue weighted by Gasteiger charge is 2.16. The van der Waals surface area contributed by atoms with Crippen LogP contribution >= 0.6 is 0 Å². The zero-order valence-electron chi connectivity index (χ0n) is 8.00. The molecule has 0 saturated carbocycles. The molecule has 0 unspecified atom stereocenters. The number of nitrogens with one attached hydrogen (secondary N) is 1. The van der Waals surface area contributed by atoms with Gasteiger partial charge >= 0.3 is 0 Å². The molecule has 1 N–H and O–H groups in total. The summed E-state index contributed by atoms with van der Waals surface area (Å²) in [6.07, 6.45) is 0. The van der Waals surface area contributed by atoms with E-state index in [1.165, 1.54) is 12.1 Å². The van der Waals surface area contributed by atoms with E-state index in [2.05, 4.69) is 5.32 Å². The molecule has 0 atom stereocenters. The van der Waals surface area contributed by atoms with Gasteiger partial charge in [0.2, 0.25) is 0 Å². The third kappa shape index (κ3) is 2.53. The second-order valence-electron chi connectivity index (χ2n) is 3.67. The summed E-state index contributed by atoms with van der Waals surface area (Å²) in [4.78, 5) is 0. The maximum atomic E-state index is 12.6. The molecule has 76 valence electrons.